The van der Waals surface area contributed by atoms with Gasteiger partial charge in [0.05, 0.1) is 14.2 Å². The summed E-state index contributed by atoms with van der Waals surface area (Å²) >= 11 is 7.52. The van der Waals surface area contributed by atoms with Crippen molar-refractivity contribution >= 4 is 29.3 Å². The zero-order chi connectivity index (χ0) is 18.2. The lowest BCUT2D eigenvalue weighted by Crippen LogP contribution is -2.26. The van der Waals surface area contributed by atoms with Crippen LogP contribution in [-0.4, -0.2) is 37.8 Å². The molecule has 1 amide bonds. The smallest absolute Gasteiger partial charge is 0.223 e. The van der Waals surface area contributed by atoms with E-state index in [0.717, 1.165) is 21.2 Å². The minimum Gasteiger partial charge on any atom is -0.493 e. The van der Waals surface area contributed by atoms with Gasteiger partial charge in [-0.15, -0.1) is 11.8 Å². The Labute approximate surface area is 158 Å². The topological polar surface area (TPSA) is 38.8 Å². The molecule has 0 radical (unpaired) electrons. The molecule has 2 aromatic carbocycles. The molecule has 2 aromatic rings. The molecule has 0 aliphatic heterocycles. The van der Waals surface area contributed by atoms with E-state index in [1.807, 2.05) is 49.5 Å². The normalized spacial score (nSPS) is 10.4. The molecule has 2 rings (SSSR count). The van der Waals surface area contributed by atoms with Crippen LogP contribution in [0.5, 0.6) is 11.5 Å². The van der Waals surface area contributed by atoms with Crippen molar-refractivity contribution in [1.82, 2.24) is 4.90 Å². The maximum absolute atomic E-state index is 12.3. The SMILES string of the molecule is COc1ccc(CN(C)C(=O)CCSc2ccc(Cl)cc2)cc1OC. The Balaban J connectivity index is 1.84. The average molecular weight is 380 g/mol. The molecule has 0 atom stereocenters. The minimum absolute atomic E-state index is 0.108. The molecule has 134 valence electrons. The molecule has 0 N–H and O–H groups in total. The van der Waals surface area contributed by atoms with Crippen LogP contribution in [0.4, 0.5) is 0 Å². The maximum Gasteiger partial charge on any atom is 0.223 e. The Morgan fingerprint density at radius 1 is 1.08 bits per heavy atom. The predicted molar refractivity (Wildman–Crippen MR) is 103 cm³/mol. The second kappa shape index (κ2) is 9.59. The standard InChI is InChI=1S/C19H22ClNO3S/c1-21(13-14-4-9-17(23-2)18(12-14)24-3)19(22)10-11-25-16-7-5-15(20)6-8-16/h4-9,12H,10-11,13H2,1-3H3. The van der Waals surface area contributed by atoms with Gasteiger partial charge in [-0.05, 0) is 42.0 Å². The van der Waals surface area contributed by atoms with E-state index < -0.39 is 0 Å². The van der Waals surface area contributed by atoms with E-state index in [4.69, 9.17) is 21.1 Å². The van der Waals surface area contributed by atoms with E-state index in [2.05, 4.69) is 0 Å². The van der Waals surface area contributed by atoms with Gasteiger partial charge in [0.2, 0.25) is 5.91 Å². The van der Waals surface area contributed by atoms with Crippen LogP contribution in [0.2, 0.25) is 5.02 Å². The lowest BCUT2D eigenvalue weighted by molar-refractivity contribution is -0.129. The summed E-state index contributed by atoms with van der Waals surface area (Å²) in [5.74, 6) is 2.19. The molecule has 25 heavy (non-hydrogen) atoms. The number of carbonyl (C=O) groups excluding carboxylic acids is 1. The van der Waals surface area contributed by atoms with Gasteiger partial charge >= 0.3 is 0 Å². The van der Waals surface area contributed by atoms with Crippen molar-refractivity contribution in [3.8, 4) is 11.5 Å². The van der Waals surface area contributed by atoms with E-state index in [9.17, 15) is 4.79 Å². The monoisotopic (exact) mass is 379 g/mol. The number of ether oxygens (including phenoxy) is 2. The molecular formula is C19H22ClNO3S. The number of benzene rings is 2. The summed E-state index contributed by atoms with van der Waals surface area (Å²) in [4.78, 5) is 15.1. The molecule has 4 nitrogen and oxygen atoms in total. The van der Waals surface area contributed by atoms with E-state index in [1.165, 1.54) is 0 Å². The van der Waals surface area contributed by atoms with Crippen molar-refractivity contribution in [2.75, 3.05) is 27.0 Å². The highest BCUT2D eigenvalue weighted by molar-refractivity contribution is 7.99. The Kier molecular flexibility index (Phi) is 7.47. The van der Waals surface area contributed by atoms with Gasteiger partial charge in [-0.25, -0.2) is 0 Å². The fourth-order valence-electron chi connectivity index (χ4n) is 2.32. The van der Waals surface area contributed by atoms with Gasteiger partial charge in [-0.3, -0.25) is 4.79 Å². The van der Waals surface area contributed by atoms with Crippen molar-refractivity contribution in [2.45, 2.75) is 17.9 Å². The van der Waals surface area contributed by atoms with Crippen LogP contribution in [0.1, 0.15) is 12.0 Å². The van der Waals surface area contributed by atoms with E-state index in [0.29, 0.717) is 24.5 Å². The van der Waals surface area contributed by atoms with Crippen LogP contribution < -0.4 is 9.47 Å². The summed E-state index contributed by atoms with van der Waals surface area (Å²) in [6.07, 6.45) is 0.483. The molecule has 6 heteroatoms. The molecule has 0 bridgehead atoms. The third-order valence-electron chi connectivity index (χ3n) is 3.69. The quantitative estimate of drug-likeness (QED) is 0.633. The molecule has 0 aromatic heterocycles. The molecule has 0 aliphatic rings. The molecule has 0 fully saturated rings. The Morgan fingerprint density at radius 3 is 2.40 bits per heavy atom. The van der Waals surface area contributed by atoms with Gasteiger partial charge < -0.3 is 14.4 Å². The molecule has 0 aliphatic carbocycles. The van der Waals surface area contributed by atoms with Crippen LogP contribution in [0, 0.1) is 0 Å². The predicted octanol–water partition coefficient (Wildman–Crippen LogP) is 4.50. The Bertz CT molecular complexity index is 706. The van der Waals surface area contributed by atoms with E-state index in [1.54, 1.807) is 30.9 Å². The van der Waals surface area contributed by atoms with Crippen molar-refractivity contribution in [3.05, 3.63) is 53.1 Å². The van der Waals surface area contributed by atoms with Crippen LogP contribution in [0.25, 0.3) is 0 Å². The molecule has 0 spiro atoms. The number of carbonyl (C=O) groups is 1. The number of rotatable bonds is 8. The molecule has 0 heterocycles. The average Bonchev–Trinajstić information content (AvgIpc) is 2.63. The summed E-state index contributed by atoms with van der Waals surface area (Å²) in [5.41, 5.74) is 0.999. The lowest BCUT2D eigenvalue weighted by Gasteiger charge is -2.18. The molecular weight excluding hydrogens is 358 g/mol. The number of methoxy groups -OCH3 is 2. The van der Waals surface area contributed by atoms with Crippen molar-refractivity contribution in [2.24, 2.45) is 0 Å². The summed E-state index contributed by atoms with van der Waals surface area (Å²) in [7, 11) is 5.02. The maximum atomic E-state index is 12.3. The number of amides is 1. The second-order valence-electron chi connectivity index (χ2n) is 5.49. The van der Waals surface area contributed by atoms with Gasteiger partial charge in [-0.2, -0.15) is 0 Å². The number of hydrogen-bond acceptors (Lipinski definition) is 4. The first-order valence-corrected chi connectivity index (χ1v) is 9.23. The van der Waals surface area contributed by atoms with Crippen LogP contribution in [0.3, 0.4) is 0 Å². The highest BCUT2D eigenvalue weighted by Crippen LogP contribution is 2.28. The largest absolute Gasteiger partial charge is 0.493 e. The van der Waals surface area contributed by atoms with Crippen LogP contribution in [-0.2, 0) is 11.3 Å². The molecule has 0 saturated heterocycles. The molecule has 0 unspecified atom stereocenters. The number of hydrogen-bond donors (Lipinski definition) is 0. The van der Waals surface area contributed by atoms with Gasteiger partial charge in [-0.1, -0.05) is 17.7 Å². The van der Waals surface area contributed by atoms with Crippen LogP contribution in [0.15, 0.2) is 47.4 Å². The third-order valence-corrected chi connectivity index (χ3v) is 4.96. The van der Waals surface area contributed by atoms with Crippen molar-refractivity contribution in [3.63, 3.8) is 0 Å². The summed E-state index contributed by atoms with van der Waals surface area (Å²) < 4.78 is 10.5. The van der Waals surface area contributed by atoms with E-state index >= 15 is 0 Å². The number of thioether (sulfide) groups is 1. The highest BCUT2D eigenvalue weighted by atomic mass is 35.5. The van der Waals surface area contributed by atoms with Gasteiger partial charge in [0.15, 0.2) is 11.5 Å². The van der Waals surface area contributed by atoms with Crippen molar-refractivity contribution < 1.29 is 14.3 Å². The zero-order valence-electron chi connectivity index (χ0n) is 14.6. The Morgan fingerprint density at radius 2 is 1.76 bits per heavy atom. The highest BCUT2D eigenvalue weighted by Gasteiger charge is 2.11. The third kappa shape index (κ3) is 5.87. The number of halogens is 1. The first-order valence-electron chi connectivity index (χ1n) is 7.86. The fraction of sp³-hybridized carbons (Fsp3) is 0.316. The first-order chi connectivity index (χ1) is 12.0. The van der Waals surface area contributed by atoms with E-state index in [-0.39, 0.29) is 5.91 Å². The van der Waals surface area contributed by atoms with Crippen LogP contribution >= 0.6 is 23.4 Å². The summed E-state index contributed by atoms with van der Waals surface area (Å²) in [5, 5.41) is 0.718. The van der Waals surface area contributed by atoms with Crippen molar-refractivity contribution in [1.29, 1.82) is 0 Å². The number of nitrogens with zero attached hydrogens (tertiary/aromatic N) is 1. The second-order valence-corrected chi connectivity index (χ2v) is 7.10. The lowest BCUT2D eigenvalue weighted by atomic mass is 10.2. The summed E-state index contributed by atoms with van der Waals surface area (Å²) in [6.45, 7) is 0.533. The Hall–Kier alpha value is -1.85. The summed E-state index contributed by atoms with van der Waals surface area (Å²) in [6, 6.07) is 13.3. The van der Waals surface area contributed by atoms with Gasteiger partial charge in [0.25, 0.3) is 0 Å². The fourth-order valence-corrected chi connectivity index (χ4v) is 3.29. The van der Waals surface area contributed by atoms with Gasteiger partial charge in [0, 0.05) is 35.7 Å². The molecule has 0 saturated carbocycles. The zero-order valence-corrected chi connectivity index (χ0v) is 16.2. The minimum atomic E-state index is 0.108. The first kappa shape index (κ1) is 19.5. The van der Waals surface area contributed by atoms with Gasteiger partial charge in [0.1, 0.15) is 0 Å².